The Kier molecular flexibility index (Phi) is 5.26. The largest absolute Gasteiger partial charge is 0.486 e. The Balaban J connectivity index is 1.36. The molecule has 1 aliphatic rings. The fourth-order valence-electron chi connectivity index (χ4n) is 3.25. The van der Waals surface area contributed by atoms with Crippen molar-refractivity contribution in [1.82, 2.24) is 0 Å². The molecule has 0 amide bonds. The molecule has 0 aliphatic heterocycles. The van der Waals surface area contributed by atoms with Crippen molar-refractivity contribution in [3.8, 4) is 5.75 Å². The Bertz CT molecular complexity index is 1000. The highest BCUT2D eigenvalue weighted by atomic mass is 79.9. The molecule has 1 heterocycles. The smallest absolute Gasteiger partial charge is 0.186 e. The zero-order valence-corrected chi connectivity index (χ0v) is 16.4. The molecule has 0 unspecified atom stereocenters. The third-order valence-corrected chi connectivity index (χ3v) is 5.13. The standard InChI is InChI=1S/C23H19BrO3/c24-19-6-2-5-18(13-19)23(25)12-11-20-9-10-22(27-20)15-26-21-8-7-16-3-1-4-17(16)14-21/h2,5-14H,1,3-4,15H2/b12-11+. The van der Waals surface area contributed by atoms with Gasteiger partial charge in [-0.3, -0.25) is 4.79 Å². The molecule has 0 spiro atoms. The monoisotopic (exact) mass is 422 g/mol. The molecule has 0 N–H and O–H groups in total. The first-order chi connectivity index (χ1) is 13.2. The number of aryl methyl sites for hydroxylation is 2. The average Bonchev–Trinajstić information content (AvgIpc) is 3.33. The van der Waals surface area contributed by atoms with Gasteiger partial charge in [-0.25, -0.2) is 0 Å². The summed E-state index contributed by atoms with van der Waals surface area (Å²) in [6.45, 7) is 0.367. The number of benzene rings is 2. The molecule has 3 nitrogen and oxygen atoms in total. The lowest BCUT2D eigenvalue weighted by Gasteiger charge is -2.06. The van der Waals surface area contributed by atoms with Crippen LogP contribution in [0, 0.1) is 0 Å². The van der Waals surface area contributed by atoms with Crippen LogP contribution in [-0.2, 0) is 19.4 Å². The summed E-state index contributed by atoms with van der Waals surface area (Å²) in [5.74, 6) is 2.16. The molecule has 2 aromatic carbocycles. The van der Waals surface area contributed by atoms with Crippen LogP contribution in [0.15, 0.2) is 69.6 Å². The highest BCUT2D eigenvalue weighted by Crippen LogP contribution is 2.26. The summed E-state index contributed by atoms with van der Waals surface area (Å²) in [4.78, 5) is 12.2. The Labute approximate surface area is 166 Å². The van der Waals surface area contributed by atoms with Crippen molar-refractivity contribution in [2.75, 3.05) is 0 Å². The average molecular weight is 423 g/mol. The zero-order valence-electron chi connectivity index (χ0n) is 14.8. The van der Waals surface area contributed by atoms with E-state index in [0.717, 1.165) is 22.4 Å². The lowest BCUT2D eigenvalue weighted by molar-refractivity contribution is 0.104. The number of hydrogen-bond donors (Lipinski definition) is 0. The molecule has 4 heteroatoms. The Hall–Kier alpha value is -2.59. The third-order valence-electron chi connectivity index (χ3n) is 4.64. The molecule has 0 saturated carbocycles. The molecule has 0 bridgehead atoms. The summed E-state index contributed by atoms with van der Waals surface area (Å²) in [6.07, 6.45) is 6.73. The quantitative estimate of drug-likeness (QED) is 0.360. The van der Waals surface area contributed by atoms with Crippen LogP contribution in [0.2, 0.25) is 0 Å². The van der Waals surface area contributed by atoms with Gasteiger partial charge in [-0.15, -0.1) is 0 Å². The van der Waals surface area contributed by atoms with E-state index in [9.17, 15) is 4.79 Å². The highest BCUT2D eigenvalue weighted by molar-refractivity contribution is 9.10. The molecule has 0 saturated heterocycles. The summed E-state index contributed by atoms with van der Waals surface area (Å²) in [5, 5.41) is 0. The van der Waals surface area contributed by atoms with E-state index in [1.54, 1.807) is 18.2 Å². The topological polar surface area (TPSA) is 39.4 Å². The molecule has 0 radical (unpaired) electrons. The maximum absolute atomic E-state index is 12.2. The van der Waals surface area contributed by atoms with Crippen molar-refractivity contribution in [1.29, 1.82) is 0 Å². The van der Waals surface area contributed by atoms with E-state index in [1.165, 1.54) is 30.0 Å². The van der Waals surface area contributed by atoms with Crippen molar-refractivity contribution in [3.05, 3.63) is 93.4 Å². The summed E-state index contributed by atoms with van der Waals surface area (Å²) in [7, 11) is 0. The van der Waals surface area contributed by atoms with Gasteiger partial charge in [0.25, 0.3) is 0 Å². The maximum atomic E-state index is 12.2. The Morgan fingerprint density at radius 2 is 1.96 bits per heavy atom. The van der Waals surface area contributed by atoms with E-state index in [1.807, 2.05) is 30.3 Å². The predicted molar refractivity (Wildman–Crippen MR) is 109 cm³/mol. The van der Waals surface area contributed by atoms with Crippen LogP contribution in [0.3, 0.4) is 0 Å². The van der Waals surface area contributed by atoms with E-state index >= 15 is 0 Å². The summed E-state index contributed by atoms with van der Waals surface area (Å²) >= 11 is 3.37. The number of furan rings is 1. The number of fused-ring (bicyclic) bond motifs is 1. The molecular weight excluding hydrogens is 404 g/mol. The van der Waals surface area contributed by atoms with Crippen LogP contribution in [0.5, 0.6) is 5.75 Å². The second kappa shape index (κ2) is 7.97. The van der Waals surface area contributed by atoms with E-state index < -0.39 is 0 Å². The van der Waals surface area contributed by atoms with Crippen LogP contribution < -0.4 is 4.74 Å². The molecule has 4 rings (SSSR count). The molecule has 0 fully saturated rings. The van der Waals surface area contributed by atoms with Gasteiger partial charge < -0.3 is 9.15 Å². The van der Waals surface area contributed by atoms with Crippen molar-refractivity contribution in [2.45, 2.75) is 25.9 Å². The van der Waals surface area contributed by atoms with Gasteiger partial charge in [-0.2, -0.15) is 0 Å². The van der Waals surface area contributed by atoms with Gasteiger partial charge >= 0.3 is 0 Å². The van der Waals surface area contributed by atoms with Crippen LogP contribution in [0.1, 0.15) is 39.4 Å². The number of ether oxygens (including phenoxy) is 1. The van der Waals surface area contributed by atoms with Gasteiger partial charge in [0.15, 0.2) is 5.78 Å². The Morgan fingerprint density at radius 1 is 1.07 bits per heavy atom. The summed E-state index contributed by atoms with van der Waals surface area (Å²) < 4.78 is 12.5. The summed E-state index contributed by atoms with van der Waals surface area (Å²) in [5.41, 5.74) is 3.46. The molecule has 1 aliphatic carbocycles. The van der Waals surface area contributed by atoms with Crippen molar-refractivity contribution < 1.29 is 13.9 Å². The number of carbonyl (C=O) groups excluding carboxylic acids is 1. The van der Waals surface area contributed by atoms with Crippen molar-refractivity contribution >= 4 is 27.8 Å². The second-order valence-corrected chi connectivity index (χ2v) is 7.50. The van der Waals surface area contributed by atoms with E-state index in [-0.39, 0.29) is 5.78 Å². The fourth-order valence-corrected chi connectivity index (χ4v) is 3.65. The van der Waals surface area contributed by atoms with Gasteiger partial charge in [0.2, 0.25) is 0 Å². The van der Waals surface area contributed by atoms with E-state index in [4.69, 9.17) is 9.15 Å². The number of hydrogen-bond acceptors (Lipinski definition) is 3. The number of carbonyl (C=O) groups is 1. The molecular formula is C23H19BrO3. The van der Waals surface area contributed by atoms with Gasteiger partial charge in [-0.1, -0.05) is 34.1 Å². The van der Waals surface area contributed by atoms with E-state index in [0.29, 0.717) is 17.9 Å². The van der Waals surface area contributed by atoms with Gasteiger partial charge in [-0.05, 0) is 78.9 Å². The molecule has 0 atom stereocenters. The predicted octanol–water partition coefficient (Wildman–Crippen LogP) is 6.01. The minimum atomic E-state index is -0.0661. The minimum absolute atomic E-state index is 0.0661. The van der Waals surface area contributed by atoms with Crippen LogP contribution in [0.4, 0.5) is 0 Å². The lowest BCUT2D eigenvalue weighted by atomic mass is 10.1. The zero-order chi connectivity index (χ0) is 18.6. The molecule has 1 aromatic heterocycles. The number of rotatable bonds is 6. The Morgan fingerprint density at radius 3 is 2.85 bits per heavy atom. The first-order valence-corrected chi connectivity index (χ1v) is 9.78. The molecule has 136 valence electrons. The highest BCUT2D eigenvalue weighted by Gasteiger charge is 2.11. The van der Waals surface area contributed by atoms with Crippen molar-refractivity contribution in [2.24, 2.45) is 0 Å². The van der Waals surface area contributed by atoms with Crippen LogP contribution in [-0.4, -0.2) is 5.78 Å². The van der Waals surface area contributed by atoms with Gasteiger partial charge in [0.1, 0.15) is 23.9 Å². The van der Waals surface area contributed by atoms with Crippen molar-refractivity contribution in [3.63, 3.8) is 0 Å². The van der Waals surface area contributed by atoms with E-state index in [2.05, 4.69) is 28.1 Å². The lowest BCUT2D eigenvalue weighted by Crippen LogP contribution is -1.95. The minimum Gasteiger partial charge on any atom is -0.486 e. The normalized spacial score (nSPS) is 13.1. The number of ketones is 1. The molecule has 3 aromatic rings. The fraction of sp³-hybridized carbons (Fsp3) is 0.174. The van der Waals surface area contributed by atoms with Crippen LogP contribution in [0.25, 0.3) is 6.08 Å². The first-order valence-electron chi connectivity index (χ1n) is 8.99. The number of halogens is 1. The maximum Gasteiger partial charge on any atom is 0.186 e. The summed E-state index contributed by atoms with van der Waals surface area (Å²) in [6, 6.07) is 17.3. The third kappa shape index (κ3) is 4.40. The van der Waals surface area contributed by atoms with Gasteiger partial charge in [0.05, 0.1) is 0 Å². The number of allylic oxidation sites excluding steroid dienone is 1. The molecule has 27 heavy (non-hydrogen) atoms. The second-order valence-electron chi connectivity index (χ2n) is 6.58. The first kappa shape index (κ1) is 17.8. The SMILES string of the molecule is O=C(/C=C/c1ccc(COc2ccc3c(c2)CCC3)o1)c1cccc(Br)c1. The van der Waals surface area contributed by atoms with Gasteiger partial charge in [0, 0.05) is 10.0 Å². The van der Waals surface area contributed by atoms with Crippen LogP contribution >= 0.6 is 15.9 Å².